The van der Waals surface area contributed by atoms with Gasteiger partial charge < -0.3 is 20.1 Å². The third-order valence-corrected chi connectivity index (χ3v) is 6.63. The van der Waals surface area contributed by atoms with Crippen molar-refractivity contribution in [1.82, 2.24) is 10.6 Å². The fourth-order valence-corrected chi connectivity index (χ4v) is 4.31. The molecular weight excluding hydrogens is 518 g/mol. The Kier molecular flexibility index (Phi) is 12.2. The first-order valence-corrected chi connectivity index (χ1v) is 12.4. The summed E-state index contributed by atoms with van der Waals surface area (Å²) in [5.74, 6) is -2.29. The lowest BCUT2D eigenvalue weighted by atomic mass is 9.80. The molecule has 0 saturated carbocycles. The Hall–Kier alpha value is -2.96. The van der Waals surface area contributed by atoms with Crippen molar-refractivity contribution in [2.45, 2.75) is 38.6 Å². The summed E-state index contributed by atoms with van der Waals surface area (Å²) in [7, 11) is 2.69. The number of methoxy groups -OCH3 is 1. The van der Waals surface area contributed by atoms with Gasteiger partial charge in [-0.05, 0) is 36.2 Å². The van der Waals surface area contributed by atoms with Gasteiger partial charge in [-0.15, -0.1) is 4.91 Å². The summed E-state index contributed by atoms with van der Waals surface area (Å²) in [6, 6.07) is 7.18. The van der Waals surface area contributed by atoms with Gasteiger partial charge in [0.15, 0.2) is 11.6 Å². The molecule has 12 heteroatoms. The molecule has 2 rings (SSSR count). The smallest absolute Gasteiger partial charge is 0.336 e. The number of hydrogen-bond donors (Lipinski definition) is 2. The van der Waals surface area contributed by atoms with E-state index in [0.717, 1.165) is 11.3 Å². The molecule has 0 saturated heterocycles. The SMILES string of the molecule is CCC(=O)C(C)(N=O)C(=O)CNCCOCC1=C(C(=O)OC)C(c2ccccc2Cl)C(COOC)=C(C)N1. The van der Waals surface area contributed by atoms with Gasteiger partial charge in [-0.2, -0.15) is 0 Å². The van der Waals surface area contributed by atoms with E-state index in [9.17, 15) is 19.3 Å². The average molecular weight is 552 g/mol. The molecule has 2 atom stereocenters. The number of nitrogens with one attached hydrogen (secondary N) is 2. The summed E-state index contributed by atoms with van der Waals surface area (Å²) in [5.41, 5.74) is 1.06. The first-order valence-electron chi connectivity index (χ1n) is 12.0. The maximum atomic E-state index is 13.0. The van der Waals surface area contributed by atoms with Gasteiger partial charge in [0.05, 0.1) is 45.2 Å². The first-order chi connectivity index (χ1) is 18.2. The van der Waals surface area contributed by atoms with Crippen LogP contribution in [-0.2, 0) is 33.6 Å². The minimum absolute atomic E-state index is 0.0265. The highest BCUT2D eigenvalue weighted by Gasteiger charge is 2.41. The van der Waals surface area contributed by atoms with Crippen LogP contribution in [0, 0.1) is 4.91 Å². The lowest BCUT2D eigenvalue weighted by Crippen LogP contribution is -2.46. The van der Waals surface area contributed by atoms with E-state index < -0.39 is 29.0 Å². The highest BCUT2D eigenvalue weighted by atomic mass is 35.5. The Morgan fingerprint density at radius 3 is 2.47 bits per heavy atom. The van der Waals surface area contributed by atoms with Crippen LogP contribution in [-0.4, -0.2) is 70.2 Å². The molecule has 0 bridgehead atoms. The number of Topliss-reactive ketones (excluding diaryl/α,β-unsaturated/α-hetero) is 2. The van der Waals surface area contributed by atoms with Gasteiger partial charge in [0, 0.05) is 29.6 Å². The van der Waals surface area contributed by atoms with E-state index in [4.69, 9.17) is 30.8 Å². The van der Waals surface area contributed by atoms with E-state index >= 15 is 0 Å². The second-order valence-electron chi connectivity index (χ2n) is 8.64. The molecule has 0 radical (unpaired) electrons. The molecule has 0 fully saturated rings. The van der Waals surface area contributed by atoms with E-state index in [1.807, 2.05) is 19.1 Å². The summed E-state index contributed by atoms with van der Waals surface area (Å²) in [6.45, 7) is 4.93. The molecule has 1 heterocycles. The summed E-state index contributed by atoms with van der Waals surface area (Å²) >= 11 is 6.52. The van der Waals surface area contributed by atoms with Crippen LogP contribution in [0.4, 0.5) is 0 Å². The summed E-state index contributed by atoms with van der Waals surface area (Å²) in [4.78, 5) is 58.4. The minimum atomic E-state index is -1.91. The quantitative estimate of drug-likeness (QED) is 0.0786. The largest absolute Gasteiger partial charge is 0.466 e. The number of ketones is 2. The number of hydrogen-bond acceptors (Lipinski definition) is 11. The van der Waals surface area contributed by atoms with E-state index in [1.165, 1.54) is 21.1 Å². The van der Waals surface area contributed by atoms with Crippen LogP contribution in [0.2, 0.25) is 5.02 Å². The number of halogens is 1. The number of carbonyl (C=O) groups excluding carboxylic acids is 3. The second kappa shape index (κ2) is 14.8. The van der Waals surface area contributed by atoms with E-state index in [-0.39, 0.29) is 39.3 Å². The van der Waals surface area contributed by atoms with Gasteiger partial charge in [0.1, 0.15) is 6.61 Å². The third kappa shape index (κ3) is 7.33. The molecule has 208 valence electrons. The van der Waals surface area contributed by atoms with E-state index in [2.05, 4.69) is 15.8 Å². The maximum absolute atomic E-state index is 13.0. The standard InChI is InChI=1S/C26H34ClN3O8/c1-6-21(31)26(3,30-34)22(32)13-28-11-12-37-15-20-24(25(33)35-4)23(17-9-7-8-10-19(17)27)18(14-38-36-5)16(2)29-20/h7-10,23,28-29H,6,11-15H2,1-5H3. The van der Waals surface area contributed by atoms with Crippen molar-refractivity contribution in [3.05, 3.63) is 62.3 Å². The molecule has 1 aromatic rings. The number of nitroso groups, excluding NO2 is 1. The van der Waals surface area contributed by atoms with Gasteiger partial charge in [-0.25, -0.2) is 14.6 Å². The molecule has 38 heavy (non-hydrogen) atoms. The van der Waals surface area contributed by atoms with Crippen molar-refractivity contribution in [3.8, 4) is 0 Å². The zero-order chi connectivity index (χ0) is 28.3. The molecule has 1 aliphatic rings. The summed E-state index contributed by atoms with van der Waals surface area (Å²) in [6.07, 6.45) is 0.0318. The van der Waals surface area contributed by atoms with Crippen LogP contribution in [0.25, 0.3) is 0 Å². The molecule has 0 spiro atoms. The van der Waals surface area contributed by atoms with Crippen molar-refractivity contribution in [2.75, 3.05) is 47.1 Å². The van der Waals surface area contributed by atoms with Crippen molar-refractivity contribution in [1.29, 1.82) is 0 Å². The van der Waals surface area contributed by atoms with Gasteiger partial charge in [0.25, 0.3) is 0 Å². The Morgan fingerprint density at radius 2 is 1.87 bits per heavy atom. The molecule has 2 unspecified atom stereocenters. The summed E-state index contributed by atoms with van der Waals surface area (Å²) < 4.78 is 10.9. The number of ether oxygens (including phenoxy) is 2. The van der Waals surface area contributed by atoms with Gasteiger partial charge in [0.2, 0.25) is 5.54 Å². The zero-order valence-corrected chi connectivity index (χ0v) is 23.0. The molecular formula is C26H34ClN3O8. The van der Waals surface area contributed by atoms with Crippen LogP contribution < -0.4 is 10.6 Å². The Labute approximate surface area is 226 Å². The van der Waals surface area contributed by atoms with E-state index in [0.29, 0.717) is 21.9 Å². The highest BCUT2D eigenvalue weighted by Crippen LogP contribution is 2.41. The normalized spacial score (nSPS) is 17.1. The third-order valence-electron chi connectivity index (χ3n) is 6.28. The van der Waals surface area contributed by atoms with Crippen LogP contribution in [0.3, 0.4) is 0 Å². The molecule has 0 amide bonds. The van der Waals surface area contributed by atoms with Crippen LogP contribution >= 0.6 is 11.6 Å². The Bertz CT molecular complexity index is 1100. The molecule has 11 nitrogen and oxygen atoms in total. The lowest BCUT2D eigenvalue weighted by molar-refractivity contribution is -0.265. The fourth-order valence-electron chi connectivity index (χ4n) is 4.06. The number of dihydropyridines is 1. The lowest BCUT2D eigenvalue weighted by Gasteiger charge is -2.32. The molecule has 2 N–H and O–H groups in total. The number of allylic oxidation sites excluding steroid dienone is 1. The van der Waals surface area contributed by atoms with Crippen molar-refractivity contribution in [2.24, 2.45) is 5.18 Å². The van der Waals surface area contributed by atoms with Crippen LogP contribution in [0.5, 0.6) is 0 Å². The molecule has 1 aromatic carbocycles. The van der Waals surface area contributed by atoms with Gasteiger partial charge >= 0.3 is 5.97 Å². The number of nitrogens with zero attached hydrogens (tertiary/aromatic N) is 1. The zero-order valence-electron chi connectivity index (χ0n) is 22.2. The molecule has 1 aliphatic heterocycles. The van der Waals surface area contributed by atoms with Gasteiger partial charge in [-0.1, -0.05) is 36.7 Å². The fraction of sp³-hybridized carbons (Fsp3) is 0.500. The van der Waals surface area contributed by atoms with Crippen LogP contribution in [0.1, 0.15) is 38.7 Å². The van der Waals surface area contributed by atoms with Gasteiger partial charge in [-0.3, -0.25) is 9.59 Å². The van der Waals surface area contributed by atoms with Crippen molar-refractivity contribution >= 4 is 29.1 Å². The minimum Gasteiger partial charge on any atom is -0.466 e. The van der Waals surface area contributed by atoms with Crippen molar-refractivity contribution < 1.29 is 33.6 Å². The second-order valence-corrected chi connectivity index (χ2v) is 9.04. The average Bonchev–Trinajstić information content (AvgIpc) is 2.92. The summed E-state index contributed by atoms with van der Waals surface area (Å²) in [5, 5.41) is 9.30. The highest BCUT2D eigenvalue weighted by molar-refractivity contribution is 6.31. The Balaban J connectivity index is 2.17. The predicted octanol–water partition coefficient (Wildman–Crippen LogP) is 2.99. The van der Waals surface area contributed by atoms with Crippen LogP contribution in [0.15, 0.2) is 52.0 Å². The number of esters is 1. The number of carbonyl (C=O) groups is 3. The Morgan fingerprint density at radius 1 is 1.16 bits per heavy atom. The first kappa shape index (κ1) is 31.3. The number of rotatable bonds is 16. The van der Waals surface area contributed by atoms with Crippen molar-refractivity contribution in [3.63, 3.8) is 0 Å². The predicted molar refractivity (Wildman–Crippen MR) is 140 cm³/mol. The number of benzene rings is 1. The maximum Gasteiger partial charge on any atom is 0.336 e. The van der Waals surface area contributed by atoms with E-state index in [1.54, 1.807) is 19.1 Å². The monoisotopic (exact) mass is 551 g/mol. The topological polar surface area (TPSA) is 142 Å². The molecule has 0 aromatic heterocycles. The molecule has 0 aliphatic carbocycles.